The summed E-state index contributed by atoms with van der Waals surface area (Å²) in [5.74, 6) is -1.79. The van der Waals surface area contributed by atoms with Crippen LogP contribution in [0.2, 0.25) is 5.02 Å². The van der Waals surface area contributed by atoms with Gasteiger partial charge >= 0.3 is 12.1 Å². The van der Waals surface area contributed by atoms with Gasteiger partial charge in [0.2, 0.25) is 0 Å². The maximum Gasteiger partial charge on any atom is 0.411 e. The molecule has 3 aromatic carbocycles. The summed E-state index contributed by atoms with van der Waals surface area (Å²) < 4.78 is 5.54. The number of ether oxygens (including phenoxy) is 1. The van der Waals surface area contributed by atoms with E-state index in [1.807, 2.05) is 43.3 Å². The molecule has 0 saturated heterocycles. The first-order valence-electron chi connectivity index (χ1n) is 11.3. The molecule has 4 rings (SSSR count). The van der Waals surface area contributed by atoms with E-state index in [4.69, 9.17) is 16.3 Å². The zero-order valence-electron chi connectivity index (χ0n) is 19.1. The number of benzene rings is 3. The number of amides is 2. The van der Waals surface area contributed by atoms with Gasteiger partial charge in [-0.15, -0.1) is 0 Å². The Kier molecular flexibility index (Phi) is 7.36. The maximum atomic E-state index is 12.6. The number of hydrogen-bond donors (Lipinski definition) is 3. The largest absolute Gasteiger partial charge is 0.480 e. The van der Waals surface area contributed by atoms with Crippen molar-refractivity contribution in [1.82, 2.24) is 5.32 Å². The molecule has 0 radical (unpaired) electrons. The van der Waals surface area contributed by atoms with E-state index in [2.05, 4.69) is 22.8 Å². The average molecular weight is 493 g/mol. The van der Waals surface area contributed by atoms with Crippen LogP contribution in [0.25, 0.3) is 11.1 Å². The molecular formula is C27H25ClN2O5. The number of hydrogen-bond acceptors (Lipinski definition) is 4. The lowest BCUT2D eigenvalue weighted by Gasteiger charge is -2.16. The van der Waals surface area contributed by atoms with E-state index in [1.165, 1.54) is 18.2 Å². The molecular weight excluding hydrogens is 468 g/mol. The summed E-state index contributed by atoms with van der Waals surface area (Å²) in [4.78, 5) is 36.5. The number of anilines is 1. The molecule has 0 saturated carbocycles. The highest BCUT2D eigenvalue weighted by molar-refractivity contribution is 6.31. The molecule has 0 heterocycles. The third-order valence-corrected chi connectivity index (χ3v) is 6.15. The molecule has 1 aliphatic carbocycles. The molecule has 0 bridgehead atoms. The molecule has 180 valence electrons. The predicted molar refractivity (Wildman–Crippen MR) is 134 cm³/mol. The van der Waals surface area contributed by atoms with E-state index >= 15 is 0 Å². The van der Waals surface area contributed by atoms with Crippen LogP contribution in [-0.4, -0.2) is 35.7 Å². The van der Waals surface area contributed by atoms with Crippen LogP contribution in [-0.2, 0) is 9.53 Å². The van der Waals surface area contributed by atoms with Crippen LogP contribution in [0.15, 0.2) is 66.7 Å². The highest BCUT2D eigenvalue weighted by Gasteiger charge is 2.29. The van der Waals surface area contributed by atoms with Crippen LogP contribution in [0, 0.1) is 0 Å². The van der Waals surface area contributed by atoms with Crippen LogP contribution in [0.5, 0.6) is 0 Å². The van der Waals surface area contributed by atoms with Crippen LogP contribution in [0.4, 0.5) is 10.5 Å². The topological polar surface area (TPSA) is 105 Å². The van der Waals surface area contributed by atoms with Crippen LogP contribution >= 0.6 is 11.6 Å². The Balaban J connectivity index is 1.43. The molecule has 3 aromatic rings. The fraction of sp³-hybridized carbons (Fsp3) is 0.222. The van der Waals surface area contributed by atoms with Gasteiger partial charge in [0.05, 0.1) is 0 Å². The first kappa shape index (κ1) is 24.3. The molecule has 35 heavy (non-hydrogen) atoms. The quantitative estimate of drug-likeness (QED) is 0.375. The lowest BCUT2D eigenvalue weighted by molar-refractivity contribution is -0.139. The zero-order valence-corrected chi connectivity index (χ0v) is 19.8. The smallest absolute Gasteiger partial charge is 0.411 e. The number of aliphatic carboxylic acids is 1. The number of rotatable bonds is 8. The molecule has 0 fully saturated rings. The van der Waals surface area contributed by atoms with Crippen molar-refractivity contribution in [3.63, 3.8) is 0 Å². The van der Waals surface area contributed by atoms with Gasteiger partial charge in [0.15, 0.2) is 0 Å². The monoisotopic (exact) mass is 492 g/mol. The van der Waals surface area contributed by atoms with Crippen LogP contribution in [0.3, 0.4) is 0 Å². The third kappa shape index (κ3) is 5.46. The first-order chi connectivity index (χ1) is 16.9. The normalized spacial score (nSPS) is 12.9. The van der Waals surface area contributed by atoms with Crippen molar-refractivity contribution >= 4 is 35.3 Å². The number of fused-ring (bicyclic) bond motifs is 3. The van der Waals surface area contributed by atoms with Crippen molar-refractivity contribution in [1.29, 1.82) is 0 Å². The van der Waals surface area contributed by atoms with E-state index in [9.17, 15) is 19.5 Å². The van der Waals surface area contributed by atoms with Gasteiger partial charge in [0.25, 0.3) is 5.91 Å². The van der Waals surface area contributed by atoms with Gasteiger partial charge in [-0.25, -0.2) is 9.59 Å². The SMILES string of the molecule is CCC[C@@H](NC(=O)c1cc(Cl)cc(NC(=O)OCC2c3ccccc3-c3ccccc32)c1)C(=O)O. The second-order valence-electron chi connectivity index (χ2n) is 8.33. The minimum atomic E-state index is -1.11. The van der Waals surface area contributed by atoms with E-state index in [-0.39, 0.29) is 28.8 Å². The Labute approximate surface area is 208 Å². The lowest BCUT2D eigenvalue weighted by atomic mass is 9.98. The van der Waals surface area contributed by atoms with Crippen molar-refractivity contribution in [2.75, 3.05) is 11.9 Å². The summed E-state index contributed by atoms with van der Waals surface area (Å²) in [5, 5.41) is 14.6. The number of nitrogens with one attached hydrogen (secondary N) is 2. The standard InChI is InChI=1S/C27H25ClN2O5/c1-2-7-24(26(32)33)30-25(31)16-12-17(28)14-18(13-16)29-27(34)35-15-23-21-10-5-3-8-19(21)20-9-4-6-11-22(20)23/h3-6,8-14,23-24H,2,7,15H2,1H3,(H,29,34)(H,30,31)(H,32,33)/t24-/m1/s1. The lowest BCUT2D eigenvalue weighted by Crippen LogP contribution is -2.40. The summed E-state index contributed by atoms with van der Waals surface area (Å²) in [7, 11) is 0. The van der Waals surface area contributed by atoms with Crippen molar-refractivity contribution in [3.8, 4) is 11.1 Å². The van der Waals surface area contributed by atoms with Gasteiger partial charge in [-0.2, -0.15) is 0 Å². The van der Waals surface area contributed by atoms with Gasteiger partial charge in [0.1, 0.15) is 12.6 Å². The molecule has 7 nitrogen and oxygen atoms in total. The van der Waals surface area contributed by atoms with E-state index < -0.39 is 24.0 Å². The average Bonchev–Trinajstić information content (AvgIpc) is 3.15. The zero-order chi connectivity index (χ0) is 24.9. The Morgan fingerprint density at radius 2 is 1.63 bits per heavy atom. The van der Waals surface area contributed by atoms with Crippen molar-refractivity contribution in [3.05, 3.63) is 88.4 Å². The van der Waals surface area contributed by atoms with Gasteiger partial charge in [-0.1, -0.05) is 73.5 Å². The number of carboxylic acid groups (broad SMARTS) is 1. The van der Waals surface area contributed by atoms with Crippen LogP contribution < -0.4 is 10.6 Å². The van der Waals surface area contributed by atoms with Gasteiger partial charge < -0.3 is 15.2 Å². The minimum Gasteiger partial charge on any atom is -0.480 e. The molecule has 3 N–H and O–H groups in total. The molecule has 0 spiro atoms. The second-order valence-corrected chi connectivity index (χ2v) is 8.77. The fourth-order valence-corrected chi connectivity index (χ4v) is 4.57. The van der Waals surface area contributed by atoms with E-state index in [0.717, 1.165) is 22.3 Å². The molecule has 1 atom stereocenters. The summed E-state index contributed by atoms with van der Waals surface area (Å²) in [5.41, 5.74) is 4.86. The summed E-state index contributed by atoms with van der Waals surface area (Å²) >= 11 is 6.14. The molecule has 8 heteroatoms. The predicted octanol–water partition coefficient (Wildman–Crippen LogP) is 5.68. The highest BCUT2D eigenvalue weighted by Crippen LogP contribution is 2.44. The number of halogens is 1. The van der Waals surface area contributed by atoms with Crippen molar-refractivity contribution < 1.29 is 24.2 Å². The Bertz CT molecular complexity index is 1230. The minimum absolute atomic E-state index is 0.0830. The maximum absolute atomic E-state index is 12.6. The van der Waals surface area contributed by atoms with E-state index in [1.54, 1.807) is 0 Å². The van der Waals surface area contributed by atoms with Gasteiger partial charge in [-0.05, 0) is 46.9 Å². The van der Waals surface area contributed by atoms with Crippen molar-refractivity contribution in [2.24, 2.45) is 0 Å². The van der Waals surface area contributed by atoms with Gasteiger partial charge in [-0.3, -0.25) is 10.1 Å². The Hall–Kier alpha value is -3.84. The third-order valence-electron chi connectivity index (χ3n) is 5.93. The summed E-state index contributed by atoms with van der Waals surface area (Å²) in [6, 6.07) is 19.4. The molecule has 1 aliphatic rings. The number of carbonyl (C=O) groups excluding carboxylic acids is 2. The molecule has 0 aromatic heterocycles. The first-order valence-corrected chi connectivity index (χ1v) is 11.7. The summed E-state index contributed by atoms with van der Waals surface area (Å²) in [6.07, 6.45) is 0.211. The molecule has 0 unspecified atom stereocenters. The molecule has 0 aliphatic heterocycles. The fourth-order valence-electron chi connectivity index (χ4n) is 4.33. The molecule has 2 amide bonds. The van der Waals surface area contributed by atoms with Gasteiger partial charge in [0, 0.05) is 22.2 Å². The summed E-state index contributed by atoms with van der Waals surface area (Å²) in [6.45, 7) is 1.98. The Morgan fingerprint density at radius 3 is 2.23 bits per heavy atom. The number of carbonyl (C=O) groups is 3. The van der Waals surface area contributed by atoms with E-state index in [0.29, 0.717) is 12.8 Å². The number of carboxylic acids is 1. The van der Waals surface area contributed by atoms with Crippen molar-refractivity contribution in [2.45, 2.75) is 31.7 Å². The second kappa shape index (κ2) is 10.6. The highest BCUT2D eigenvalue weighted by atomic mass is 35.5. The van der Waals surface area contributed by atoms with Crippen LogP contribution in [0.1, 0.15) is 47.2 Å². The Morgan fingerprint density at radius 1 is 1.00 bits per heavy atom.